The number of carbonyl (C=O) groups is 3. The summed E-state index contributed by atoms with van der Waals surface area (Å²) in [5, 5.41) is 4.33. The molecule has 1 aliphatic carbocycles. The molecule has 0 saturated heterocycles. The van der Waals surface area contributed by atoms with Gasteiger partial charge in [0, 0.05) is 52.9 Å². The maximum Gasteiger partial charge on any atom is 0.256 e. The molecule has 7 nitrogen and oxygen atoms in total. The lowest BCUT2D eigenvalue weighted by molar-refractivity contribution is -0.120. The van der Waals surface area contributed by atoms with Gasteiger partial charge in [0.1, 0.15) is 6.04 Å². The number of Topliss-reactive ketones (excluding diaryl/α,β-unsaturated/α-hetero) is 1. The number of nitrogens with one attached hydrogen (secondary N) is 1. The Hall–Kier alpha value is -4.10. The molecule has 8 heteroatoms. The van der Waals surface area contributed by atoms with Crippen molar-refractivity contribution in [3.05, 3.63) is 101 Å². The third-order valence-electron chi connectivity index (χ3n) is 8.11. The Morgan fingerprint density at radius 2 is 1.73 bits per heavy atom. The van der Waals surface area contributed by atoms with E-state index in [1.807, 2.05) is 48.5 Å². The molecule has 2 aromatic carbocycles. The summed E-state index contributed by atoms with van der Waals surface area (Å²) in [6.45, 7) is 0.433. The largest absolute Gasteiger partial charge is 0.326 e. The van der Waals surface area contributed by atoms with E-state index in [0.717, 1.165) is 42.3 Å². The number of anilines is 1. The van der Waals surface area contributed by atoms with E-state index < -0.39 is 6.04 Å². The van der Waals surface area contributed by atoms with Crippen molar-refractivity contribution in [2.24, 2.45) is 11.8 Å². The molecule has 1 fully saturated rings. The number of halogens is 1. The van der Waals surface area contributed by atoms with Gasteiger partial charge in [-0.05, 0) is 74.1 Å². The number of fused-ring (bicyclic) bond motifs is 2. The lowest BCUT2D eigenvalue weighted by Crippen LogP contribution is -2.49. The second kappa shape index (κ2) is 11.2. The van der Waals surface area contributed by atoms with E-state index >= 15 is 0 Å². The highest BCUT2D eigenvalue weighted by atomic mass is 35.5. The van der Waals surface area contributed by atoms with Crippen molar-refractivity contribution in [2.45, 2.75) is 38.1 Å². The average molecular weight is 553 g/mol. The fraction of sp³-hybridized carbons (Fsp3) is 0.281. The van der Waals surface area contributed by atoms with Gasteiger partial charge in [-0.2, -0.15) is 0 Å². The summed E-state index contributed by atoms with van der Waals surface area (Å²) in [6, 6.07) is 19.4. The van der Waals surface area contributed by atoms with E-state index in [0.29, 0.717) is 34.8 Å². The zero-order chi connectivity index (χ0) is 27.6. The molecule has 0 unspecified atom stereocenters. The van der Waals surface area contributed by atoms with E-state index in [1.54, 1.807) is 35.5 Å². The van der Waals surface area contributed by atoms with E-state index in [9.17, 15) is 14.4 Å². The van der Waals surface area contributed by atoms with Crippen LogP contribution in [-0.4, -0.2) is 45.1 Å². The topological polar surface area (TPSA) is 92.3 Å². The standard InChI is InChI=1S/C32H29ClN4O3/c33-23-13-14-25-27(17-23)36-31(39)28(18-24-7-1-2-15-34-24)37(32(25)40)19-20-9-11-22(12-10-20)30(38)26-8-3-5-21-6-4-16-35-29(21)26/h1-8,13-17,20,22,28H,9-12,18-19H2,(H,36,39)/t20-,22-,28-/m1/s1. The van der Waals surface area contributed by atoms with Gasteiger partial charge in [-0.15, -0.1) is 0 Å². The van der Waals surface area contributed by atoms with Crippen LogP contribution in [0, 0.1) is 11.8 Å². The number of rotatable bonds is 6. The summed E-state index contributed by atoms with van der Waals surface area (Å²) in [5.41, 5.74) is 3.01. The van der Waals surface area contributed by atoms with E-state index in [-0.39, 0.29) is 29.4 Å². The number of carbonyl (C=O) groups excluding carboxylic acids is 3. The van der Waals surface area contributed by atoms with Crippen LogP contribution in [0.2, 0.25) is 5.02 Å². The minimum Gasteiger partial charge on any atom is -0.326 e. The number of amides is 2. The normalized spacial score (nSPS) is 21.0. The van der Waals surface area contributed by atoms with Gasteiger partial charge in [0.2, 0.25) is 5.91 Å². The summed E-state index contributed by atoms with van der Waals surface area (Å²) in [6.07, 6.45) is 6.78. The number of hydrogen-bond donors (Lipinski definition) is 1. The summed E-state index contributed by atoms with van der Waals surface area (Å²) in [7, 11) is 0. The fourth-order valence-electron chi connectivity index (χ4n) is 6.00. The van der Waals surface area contributed by atoms with Crippen LogP contribution in [0.3, 0.4) is 0 Å². The first-order valence-electron chi connectivity index (χ1n) is 13.7. The van der Waals surface area contributed by atoms with Crippen LogP contribution in [-0.2, 0) is 11.2 Å². The molecule has 0 spiro atoms. The average Bonchev–Trinajstić information content (AvgIpc) is 3.07. The Bertz CT molecular complexity index is 1580. The van der Waals surface area contributed by atoms with Gasteiger partial charge in [-0.3, -0.25) is 24.4 Å². The van der Waals surface area contributed by atoms with Gasteiger partial charge in [0.15, 0.2) is 5.78 Å². The molecule has 1 atom stereocenters. The minimum absolute atomic E-state index is 0.0841. The quantitative estimate of drug-likeness (QED) is 0.297. The lowest BCUT2D eigenvalue weighted by Gasteiger charge is -2.35. The van der Waals surface area contributed by atoms with Crippen molar-refractivity contribution in [2.75, 3.05) is 11.9 Å². The zero-order valence-electron chi connectivity index (χ0n) is 21.9. The highest BCUT2D eigenvalue weighted by Gasteiger charge is 2.38. The monoisotopic (exact) mass is 552 g/mol. The molecule has 0 bridgehead atoms. The lowest BCUT2D eigenvalue weighted by atomic mass is 9.78. The summed E-state index contributed by atoms with van der Waals surface area (Å²) in [5.74, 6) is -0.240. The molecular formula is C32H29ClN4O3. The molecule has 2 aromatic heterocycles. The van der Waals surface area contributed by atoms with E-state index in [4.69, 9.17) is 11.6 Å². The smallest absolute Gasteiger partial charge is 0.256 e. The fourth-order valence-corrected chi connectivity index (χ4v) is 6.17. The molecule has 2 amide bonds. The molecule has 1 saturated carbocycles. The highest BCUT2D eigenvalue weighted by Crippen LogP contribution is 2.35. The van der Waals surface area contributed by atoms with E-state index in [1.165, 1.54) is 0 Å². The second-order valence-corrected chi connectivity index (χ2v) is 11.1. The number of para-hydroxylation sites is 1. The highest BCUT2D eigenvalue weighted by molar-refractivity contribution is 6.31. The molecule has 40 heavy (non-hydrogen) atoms. The number of hydrogen-bond acceptors (Lipinski definition) is 5. The van der Waals surface area contributed by atoms with Gasteiger partial charge in [0.05, 0.1) is 16.8 Å². The van der Waals surface area contributed by atoms with Gasteiger partial charge >= 0.3 is 0 Å². The Kier molecular flexibility index (Phi) is 7.30. The summed E-state index contributed by atoms with van der Waals surface area (Å²) in [4.78, 5) is 51.4. The Labute approximate surface area is 237 Å². The van der Waals surface area contributed by atoms with Crippen molar-refractivity contribution in [1.29, 1.82) is 0 Å². The van der Waals surface area contributed by atoms with Crippen LogP contribution in [0.4, 0.5) is 5.69 Å². The van der Waals surface area contributed by atoms with Gasteiger partial charge in [0.25, 0.3) is 5.91 Å². The van der Waals surface area contributed by atoms with Crippen molar-refractivity contribution in [3.8, 4) is 0 Å². The van der Waals surface area contributed by atoms with Crippen LogP contribution in [0.1, 0.15) is 52.1 Å². The van der Waals surface area contributed by atoms with Crippen molar-refractivity contribution in [1.82, 2.24) is 14.9 Å². The summed E-state index contributed by atoms with van der Waals surface area (Å²) < 4.78 is 0. The summed E-state index contributed by atoms with van der Waals surface area (Å²) >= 11 is 6.18. The van der Waals surface area contributed by atoms with Crippen molar-refractivity contribution in [3.63, 3.8) is 0 Å². The molecule has 4 aromatic rings. The third kappa shape index (κ3) is 5.21. The number of pyridine rings is 2. The van der Waals surface area contributed by atoms with Gasteiger partial charge in [-0.1, -0.05) is 35.9 Å². The predicted molar refractivity (Wildman–Crippen MR) is 154 cm³/mol. The number of nitrogens with zero attached hydrogens (tertiary/aromatic N) is 3. The maximum absolute atomic E-state index is 13.9. The SMILES string of the molecule is O=C1Nc2cc(Cl)ccc2C(=O)N(C[C@H]2CC[C@H](C(=O)c3cccc4cccnc34)CC2)[C@@H]1Cc1ccccn1. The van der Waals surface area contributed by atoms with E-state index in [2.05, 4.69) is 15.3 Å². The minimum atomic E-state index is -0.713. The molecule has 0 radical (unpaired) electrons. The first kappa shape index (κ1) is 26.1. The maximum atomic E-state index is 13.9. The molecule has 3 heterocycles. The Morgan fingerprint density at radius 1 is 0.925 bits per heavy atom. The Balaban J connectivity index is 1.21. The molecule has 202 valence electrons. The van der Waals surface area contributed by atoms with Crippen LogP contribution in [0.5, 0.6) is 0 Å². The molecule has 1 aliphatic heterocycles. The third-order valence-corrected chi connectivity index (χ3v) is 8.34. The van der Waals surface area contributed by atoms with Gasteiger partial charge < -0.3 is 10.2 Å². The second-order valence-electron chi connectivity index (χ2n) is 10.6. The first-order chi connectivity index (χ1) is 19.5. The van der Waals surface area contributed by atoms with Crippen LogP contribution < -0.4 is 5.32 Å². The van der Waals surface area contributed by atoms with Crippen molar-refractivity contribution < 1.29 is 14.4 Å². The zero-order valence-corrected chi connectivity index (χ0v) is 22.7. The molecular weight excluding hydrogens is 524 g/mol. The predicted octanol–water partition coefficient (Wildman–Crippen LogP) is 5.98. The van der Waals surface area contributed by atoms with Crippen LogP contribution >= 0.6 is 11.6 Å². The van der Waals surface area contributed by atoms with Crippen LogP contribution in [0.25, 0.3) is 10.9 Å². The number of ketones is 1. The molecule has 2 aliphatic rings. The Morgan fingerprint density at radius 3 is 2.52 bits per heavy atom. The number of aromatic nitrogens is 2. The molecule has 6 rings (SSSR count). The molecule has 1 N–H and O–H groups in total. The van der Waals surface area contributed by atoms with Crippen LogP contribution in [0.15, 0.2) is 79.1 Å². The van der Waals surface area contributed by atoms with Crippen molar-refractivity contribution >= 4 is 45.8 Å². The number of benzene rings is 2. The van der Waals surface area contributed by atoms with Gasteiger partial charge in [-0.25, -0.2) is 0 Å². The first-order valence-corrected chi connectivity index (χ1v) is 14.0.